The van der Waals surface area contributed by atoms with Crippen molar-refractivity contribution >= 4 is 11.8 Å². The molecule has 6 nitrogen and oxygen atoms in total. The SMILES string of the molecule is CC(C)[C@H](N)C(=O)NCC(=O)N1CCN(C)C(C)(C)C1. The molecule has 0 bridgehead atoms. The number of nitrogens with one attached hydrogen (secondary N) is 1. The molecule has 0 aliphatic carbocycles. The summed E-state index contributed by atoms with van der Waals surface area (Å²) in [6, 6.07) is -0.563. The van der Waals surface area contributed by atoms with Crippen LogP contribution in [0.25, 0.3) is 0 Å². The van der Waals surface area contributed by atoms with Crippen LogP contribution in [-0.4, -0.2) is 66.4 Å². The van der Waals surface area contributed by atoms with E-state index in [1.54, 1.807) is 4.90 Å². The molecule has 1 aliphatic rings. The van der Waals surface area contributed by atoms with Gasteiger partial charge >= 0.3 is 0 Å². The average molecular weight is 284 g/mol. The van der Waals surface area contributed by atoms with Crippen LogP contribution in [0.1, 0.15) is 27.7 Å². The molecule has 1 aliphatic heterocycles. The Bertz CT molecular complexity index is 368. The maximum Gasteiger partial charge on any atom is 0.242 e. The number of nitrogens with two attached hydrogens (primary N) is 1. The zero-order chi connectivity index (χ0) is 15.5. The minimum absolute atomic E-state index is 0.0268. The van der Waals surface area contributed by atoms with Gasteiger partial charge in [0.1, 0.15) is 0 Å². The lowest BCUT2D eigenvalue weighted by Crippen LogP contribution is -2.60. The summed E-state index contributed by atoms with van der Waals surface area (Å²) >= 11 is 0. The van der Waals surface area contributed by atoms with Crippen LogP contribution in [0.2, 0.25) is 0 Å². The Kier molecular flexibility index (Phi) is 5.53. The number of hydrogen-bond acceptors (Lipinski definition) is 4. The van der Waals surface area contributed by atoms with E-state index in [2.05, 4.69) is 31.1 Å². The summed E-state index contributed by atoms with van der Waals surface area (Å²) in [4.78, 5) is 27.9. The monoisotopic (exact) mass is 284 g/mol. The standard InChI is InChI=1S/C14H28N4O2/c1-10(2)12(15)13(20)16-8-11(19)18-7-6-17(5)14(3,4)9-18/h10,12H,6-9,15H2,1-5H3,(H,16,20)/t12-/m0/s1. The highest BCUT2D eigenvalue weighted by molar-refractivity contribution is 5.87. The molecule has 3 N–H and O–H groups in total. The fraction of sp³-hybridized carbons (Fsp3) is 0.857. The van der Waals surface area contributed by atoms with Crippen molar-refractivity contribution in [3.63, 3.8) is 0 Å². The van der Waals surface area contributed by atoms with Gasteiger partial charge < -0.3 is 16.0 Å². The normalized spacial score (nSPS) is 20.9. The van der Waals surface area contributed by atoms with Gasteiger partial charge in [-0.3, -0.25) is 14.5 Å². The second-order valence-corrected chi connectivity index (χ2v) is 6.54. The van der Waals surface area contributed by atoms with Crippen molar-refractivity contribution in [1.82, 2.24) is 15.1 Å². The number of rotatable bonds is 4. The predicted molar refractivity (Wildman–Crippen MR) is 79.1 cm³/mol. The Morgan fingerprint density at radius 1 is 1.30 bits per heavy atom. The first kappa shape index (κ1) is 16.9. The molecule has 0 spiro atoms. The van der Waals surface area contributed by atoms with Gasteiger partial charge in [-0.2, -0.15) is 0 Å². The molecule has 1 rings (SSSR count). The number of likely N-dealkylation sites (N-methyl/N-ethyl adjacent to an activating group) is 1. The molecule has 6 heteroatoms. The van der Waals surface area contributed by atoms with E-state index in [4.69, 9.17) is 5.73 Å². The number of carbonyl (C=O) groups excluding carboxylic acids is 2. The molecule has 116 valence electrons. The lowest BCUT2D eigenvalue weighted by Gasteiger charge is -2.45. The quantitative estimate of drug-likeness (QED) is 0.739. The van der Waals surface area contributed by atoms with E-state index < -0.39 is 6.04 Å². The summed E-state index contributed by atoms with van der Waals surface area (Å²) in [5.74, 6) is -0.245. The molecular formula is C14H28N4O2. The van der Waals surface area contributed by atoms with Crippen molar-refractivity contribution in [3.8, 4) is 0 Å². The van der Waals surface area contributed by atoms with Crippen LogP contribution in [-0.2, 0) is 9.59 Å². The molecule has 0 aromatic carbocycles. The zero-order valence-electron chi connectivity index (χ0n) is 13.3. The van der Waals surface area contributed by atoms with Gasteiger partial charge in [0, 0.05) is 25.2 Å². The van der Waals surface area contributed by atoms with Crippen molar-refractivity contribution in [1.29, 1.82) is 0 Å². The Labute approximate surface area is 121 Å². The van der Waals surface area contributed by atoms with Crippen molar-refractivity contribution in [3.05, 3.63) is 0 Å². The van der Waals surface area contributed by atoms with Gasteiger partial charge in [-0.05, 0) is 26.8 Å². The van der Waals surface area contributed by atoms with Gasteiger partial charge in [0.2, 0.25) is 11.8 Å². The number of amides is 2. The Morgan fingerprint density at radius 3 is 2.40 bits per heavy atom. The van der Waals surface area contributed by atoms with Crippen molar-refractivity contribution in [2.24, 2.45) is 11.7 Å². The second-order valence-electron chi connectivity index (χ2n) is 6.54. The first-order chi connectivity index (χ1) is 9.15. The first-order valence-electron chi connectivity index (χ1n) is 7.17. The van der Waals surface area contributed by atoms with E-state index in [9.17, 15) is 9.59 Å². The fourth-order valence-electron chi connectivity index (χ4n) is 2.15. The first-order valence-corrected chi connectivity index (χ1v) is 7.17. The van der Waals surface area contributed by atoms with Crippen LogP contribution in [0.15, 0.2) is 0 Å². The van der Waals surface area contributed by atoms with Crippen LogP contribution in [0.5, 0.6) is 0 Å². The molecule has 0 unspecified atom stereocenters. The van der Waals surface area contributed by atoms with Crippen molar-refractivity contribution in [2.45, 2.75) is 39.3 Å². The van der Waals surface area contributed by atoms with E-state index in [1.165, 1.54) is 0 Å². The highest BCUT2D eigenvalue weighted by Crippen LogP contribution is 2.18. The molecular weight excluding hydrogens is 256 g/mol. The highest BCUT2D eigenvalue weighted by atomic mass is 16.2. The van der Waals surface area contributed by atoms with Crippen LogP contribution < -0.4 is 11.1 Å². The molecule has 0 aromatic rings. The van der Waals surface area contributed by atoms with Gasteiger partial charge in [0.25, 0.3) is 0 Å². The van der Waals surface area contributed by atoms with E-state index >= 15 is 0 Å². The molecule has 2 amide bonds. The van der Waals surface area contributed by atoms with Crippen LogP contribution in [0.4, 0.5) is 0 Å². The van der Waals surface area contributed by atoms with Gasteiger partial charge in [-0.15, -0.1) is 0 Å². The largest absolute Gasteiger partial charge is 0.346 e. The number of nitrogens with zero attached hydrogens (tertiary/aromatic N) is 2. The lowest BCUT2D eigenvalue weighted by molar-refractivity contribution is -0.137. The van der Waals surface area contributed by atoms with Gasteiger partial charge in [-0.25, -0.2) is 0 Å². The second kappa shape index (κ2) is 6.54. The van der Waals surface area contributed by atoms with E-state index in [1.807, 2.05) is 13.8 Å². The molecule has 1 atom stereocenters. The van der Waals surface area contributed by atoms with Gasteiger partial charge in [0.15, 0.2) is 0 Å². The number of hydrogen-bond donors (Lipinski definition) is 2. The van der Waals surface area contributed by atoms with Crippen LogP contribution in [0.3, 0.4) is 0 Å². The number of carbonyl (C=O) groups is 2. The predicted octanol–water partition coefficient (Wildman–Crippen LogP) is -0.361. The molecule has 20 heavy (non-hydrogen) atoms. The maximum absolute atomic E-state index is 12.1. The third kappa shape index (κ3) is 4.18. The molecule has 0 aromatic heterocycles. The summed E-state index contributed by atoms with van der Waals surface area (Å²) in [5.41, 5.74) is 5.71. The topological polar surface area (TPSA) is 78.7 Å². The minimum Gasteiger partial charge on any atom is -0.346 e. The summed E-state index contributed by atoms with van der Waals surface area (Å²) in [5, 5.41) is 2.63. The third-order valence-corrected chi connectivity index (χ3v) is 4.10. The molecule has 1 fully saturated rings. The van der Waals surface area contributed by atoms with E-state index in [0.717, 1.165) is 6.54 Å². The molecule has 0 radical (unpaired) electrons. The van der Waals surface area contributed by atoms with Crippen molar-refractivity contribution < 1.29 is 9.59 Å². The minimum atomic E-state index is -0.563. The summed E-state index contributed by atoms with van der Waals surface area (Å²) in [7, 11) is 2.06. The van der Waals surface area contributed by atoms with Crippen molar-refractivity contribution in [2.75, 3.05) is 33.2 Å². The Morgan fingerprint density at radius 2 is 1.90 bits per heavy atom. The summed E-state index contributed by atoms with van der Waals surface area (Å²) in [6.07, 6.45) is 0. The Balaban J connectivity index is 2.46. The van der Waals surface area contributed by atoms with E-state index in [-0.39, 0.29) is 29.8 Å². The lowest BCUT2D eigenvalue weighted by atomic mass is 10.00. The molecule has 1 saturated heterocycles. The van der Waals surface area contributed by atoms with Gasteiger partial charge in [-0.1, -0.05) is 13.8 Å². The average Bonchev–Trinajstić information content (AvgIpc) is 2.37. The molecule has 0 saturated carbocycles. The number of piperazine rings is 1. The van der Waals surface area contributed by atoms with Gasteiger partial charge in [0.05, 0.1) is 12.6 Å². The highest BCUT2D eigenvalue weighted by Gasteiger charge is 2.33. The summed E-state index contributed by atoms with van der Waals surface area (Å²) < 4.78 is 0. The van der Waals surface area contributed by atoms with Crippen LogP contribution >= 0.6 is 0 Å². The van der Waals surface area contributed by atoms with Crippen LogP contribution in [0, 0.1) is 5.92 Å². The maximum atomic E-state index is 12.1. The third-order valence-electron chi connectivity index (χ3n) is 4.10. The molecule has 1 heterocycles. The fourth-order valence-corrected chi connectivity index (χ4v) is 2.15. The Hall–Kier alpha value is -1.14. The zero-order valence-corrected chi connectivity index (χ0v) is 13.3. The van der Waals surface area contributed by atoms with E-state index in [0.29, 0.717) is 13.1 Å². The summed E-state index contributed by atoms with van der Waals surface area (Å²) in [6.45, 7) is 10.2. The smallest absolute Gasteiger partial charge is 0.242 e.